The van der Waals surface area contributed by atoms with E-state index in [9.17, 15) is 14.4 Å². The summed E-state index contributed by atoms with van der Waals surface area (Å²) >= 11 is 0. The fraction of sp³-hybridized carbons (Fsp3) is 0.464. The number of ether oxygens (including phenoxy) is 1. The van der Waals surface area contributed by atoms with E-state index in [1.807, 2.05) is 24.3 Å². The van der Waals surface area contributed by atoms with Crippen LogP contribution in [0.3, 0.4) is 0 Å². The quantitative estimate of drug-likeness (QED) is 0.617. The second-order valence-corrected chi connectivity index (χ2v) is 10.3. The van der Waals surface area contributed by atoms with E-state index >= 15 is 0 Å². The van der Waals surface area contributed by atoms with Gasteiger partial charge in [0.15, 0.2) is 0 Å². The molecule has 2 aromatic carbocycles. The number of carboxylic acids is 1. The van der Waals surface area contributed by atoms with Crippen molar-refractivity contribution in [1.29, 1.82) is 0 Å². The predicted octanol–water partition coefficient (Wildman–Crippen LogP) is 4.41. The summed E-state index contributed by atoms with van der Waals surface area (Å²) in [6.45, 7) is 2.98. The summed E-state index contributed by atoms with van der Waals surface area (Å²) in [5, 5.41) is 12.1. The van der Waals surface area contributed by atoms with Gasteiger partial charge in [-0.1, -0.05) is 48.5 Å². The van der Waals surface area contributed by atoms with Crippen LogP contribution in [0.4, 0.5) is 4.79 Å². The van der Waals surface area contributed by atoms with Crippen molar-refractivity contribution in [2.24, 2.45) is 11.8 Å². The molecule has 184 valence electrons. The largest absolute Gasteiger partial charge is 0.481 e. The highest BCUT2D eigenvalue weighted by Gasteiger charge is 2.51. The molecule has 2 aromatic rings. The molecule has 0 radical (unpaired) electrons. The van der Waals surface area contributed by atoms with Gasteiger partial charge in [0.1, 0.15) is 12.1 Å². The predicted molar refractivity (Wildman–Crippen MR) is 131 cm³/mol. The SMILES string of the molecule is CC(NC(=O)OCC1c2ccccc2-c2ccccc21)(C(=O)N1CCCC(CC(=O)O)C1)C1CC1. The summed E-state index contributed by atoms with van der Waals surface area (Å²) < 4.78 is 5.73. The fourth-order valence-electron chi connectivity index (χ4n) is 5.83. The zero-order valence-corrected chi connectivity index (χ0v) is 20.0. The molecular weight excluding hydrogens is 444 g/mol. The van der Waals surface area contributed by atoms with Gasteiger partial charge in [0, 0.05) is 25.4 Å². The Labute approximate surface area is 205 Å². The first-order chi connectivity index (χ1) is 16.9. The Morgan fingerprint density at radius 2 is 1.66 bits per heavy atom. The Balaban J connectivity index is 1.26. The van der Waals surface area contributed by atoms with Crippen molar-refractivity contribution in [3.05, 3.63) is 59.7 Å². The van der Waals surface area contributed by atoms with Crippen LogP contribution in [0, 0.1) is 11.8 Å². The molecule has 0 aromatic heterocycles. The van der Waals surface area contributed by atoms with Crippen LogP contribution in [0.5, 0.6) is 0 Å². The van der Waals surface area contributed by atoms with Gasteiger partial charge < -0.3 is 20.1 Å². The van der Waals surface area contributed by atoms with Crippen LogP contribution in [-0.4, -0.2) is 53.2 Å². The first kappa shape index (κ1) is 23.4. The van der Waals surface area contributed by atoms with Crippen LogP contribution in [0.2, 0.25) is 0 Å². The standard InChI is InChI=1S/C28H32N2O5/c1-28(19-12-13-19,26(33)30-14-6-7-18(16-30)15-25(31)32)29-27(34)35-17-24-22-10-4-2-8-20(22)21-9-3-5-11-23(21)24/h2-5,8-11,18-19,24H,6-7,12-17H2,1H3,(H,29,34)(H,31,32). The smallest absolute Gasteiger partial charge is 0.408 e. The molecule has 1 saturated heterocycles. The van der Waals surface area contributed by atoms with Gasteiger partial charge in [-0.05, 0) is 66.7 Å². The molecule has 0 spiro atoms. The minimum Gasteiger partial charge on any atom is -0.481 e. The number of likely N-dealkylation sites (tertiary alicyclic amines) is 1. The number of fused-ring (bicyclic) bond motifs is 3. The van der Waals surface area contributed by atoms with Gasteiger partial charge in [-0.15, -0.1) is 0 Å². The van der Waals surface area contributed by atoms with Crippen LogP contribution in [0.1, 0.15) is 56.1 Å². The van der Waals surface area contributed by atoms with Gasteiger partial charge >= 0.3 is 12.1 Å². The van der Waals surface area contributed by atoms with E-state index in [2.05, 4.69) is 29.6 Å². The number of hydrogen-bond donors (Lipinski definition) is 2. The number of carboxylic acid groups (broad SMARTS) is 1. The fourth-order valence-corrected chi connectivity index (χ4v) is 5.83. The van der Waals surface area contributed by atoms with E-state index in [0.717, 1.165) is 47.9 Å². The Morgan fingerprint density at radius 1 is 1.03 bits per heavy atom. The van der Waals surface area contributed by atoms with Gasteiger partial charge in [0.2, 0.25) is 5.91 Å². The minimum absolute atomic E-state index is 0.0464. The summed E-state index contributed by atoms with van der Waals surface area (Å²) in [5.41, 5.74) is 3.56. The first-order valence-corrected chi connectivity index (χ1v) is 12.5. The lowest BCUT2D eigenvalue weighted by molar-refractivity contribution is -0.143. The summed E-state index contributed by atoms with van der Waals surface area (Å²) in [5.74, 6) is -1.01. The maximum atomic E-state index is 13.6. The molecule has 7 heteroatoms. The van der Waals surface area contributed by atoms with Gasteiger partial charge in [-0.3, -0.25) is 9.59 Å². The summed E-state index contributed by atoms with van der Waals surface area (Å²) in [4.78, 5) is 39.4. The Morgan fingerprint density at radius 3 is 2.26 bits per heavy atom. The Hall–Kier alpha value is -3.35. The van der Waals surface area contributed by atoms with E-state index in [0.29, 0.717) is 13.1 Å². The van der Waals surface area contributed by atoms with Crippen molar-refractivity contribution in [2.45, 2.75) is 50.5 Å². The van der Waals surface area contributed by atoms with Crippen LogP contribution in [0.25, 0.3) is 11.1 Å². The van der Waals surface area contributed by atoms with E-state index in [1.54, 1.807) is 11.8 Å². The molecule has 2 fully saturated rings. The van der Waals surface area contributed by atoms with E-state index in [4.69, 9.17) is 9.84 Å². The highest BCUT2D eigenvalue weighted by Crippen LogP contribution is 2.45. The number of amides is 2. The van der Waals surface area contributed by atoms with Crippen LogP contribution in [-0.2, 0) is 14.3 Å². The number of hydrogen-bond acceptors (Lipinski definition) is 4. The first-order valence-electron chi connectivity index (χ1n) is 12.5. The highest BCUT2D eigenvalue weighted by atomic mass is 16.5. The maximum absolute atomic E-state index is 13.6. The molecule has 2 aliphatic carbocycles. The number of rotatable bonds is 7. The molecule has 5 rings (SSSR count). The number of benzene rings is 2. The number of carbonyl (C=O) groups excluding carboxylic acids is 2. The van der Waals surface area contributed by atoms with E-state index in [-0.39, 0.29) is 36.7 Å². The van der Waals surface area contributed by atoms with Gasteiger partial charge in [0.05, 0.1) is 0 Å². The third kappa shape index (κ3) is 4.64. The lowest BCUT2D eigenvalue weighted by Crippen LogP contribution is -2.60. The average Bonchev–Trinajstić information content (AvgIpc) is 3.66. The number of piperidine rings is 1. The molecule has 2 N–H and O–H groups in total. The zero-order valence-electron chi connectivity index (χ0n) is 20.0. The summed E-state index contributed by atoms with van der Waals surface area (Å²) in [6, 6.07) is 16.3. The van der Waals surface area contributed by atoms with E-state index < -0.39 is 17.6 Å². The summed E-state index contributed by atoms with van der Waals surface area (Å²) in [7, 11) is 0. The minimum atomic E-state index is -1.05. The summed E-state index contributed by atoms with van der Waals surface area (Å²) in [6.07, 6.45) is 2.79. The van der Waals surface area contributed by atoms with E-state index in [1.165, 1.54) is 0 Å². The van der Waals surface area contributed by atoms with Gasteiger partial charge in [-0.25, -0.2) is 4.79 Å². The van der Waals surface area contributed by atoms with Crippen molar-refractivity contribution in [2.75, 3.05) is 19.7 Å². The molecule has 1 heterocycles. The molecule has 1 saturated carbocycles. The third-order valence-corrected chi connectivity index (χ3v) is 7.81. The molecule has 2 atom stereocenters. The second kappa shape index (κ2) is 9.36. The molecule has 0 bridgehead atoms. The zero-order chi connectivity index (χ0) is 24.6. The normalized spacial score (nSPS) is 20.9. The maximum Gasteiger partial charge on any atom is 0.408 e. The number of nitrogens with zero attached hydrogens (tertiary/aromatic N) is 1. The molecule has 3 aliphatic rings. The Kier molecular flexibility index (Phi) is 6.26. The molecule has 2 unspecified atom stereocenters. The molecule has 7 nitrogen and oxygen atoms in total. The van der Waals surface area contributed by atoms with Crippen molar-refractivity contribution < 1.29 is 24.2 Å². The monoisotopic (exact) mass is 476 g/mol. The van der Waals surface area contributed by atoms with Gasteiger partial charge in [0.25, 0.3) is 0 Å². The molecule has 1 aliphatic heterocycles. The molecular formula is C28H32N2O5. The van der Waals surface area contributed by atoms with Crippen molar-refractivity contribution in [1.82, 2.24) is 10.2 Å². The topological polar surface area (TPSA) is 95.9 Å². The molecule has 2 amide bonds. The number of nitrogens with one attached hydrogen (secondary N) is 1. The third-order valence-electron chi connectivity index (χ3n) is 7.81. The van der Waals surface area contributed by atoms with Crippen molar-refractivity contribution in [3.8, 4) is 11.1 Å². The average molecular weight is 477 g/mol. The molecule has 35 heavy (non-hydrogen) atoms. The number of alkyl carbamates (subject to hydrolysis) is 1. The van der Waals surface area contributed by atoms with Gasteiger partial charge in [-0.2, -0.15) is 0 Å². The lowest BCUT2D eigenvalue weighted by Gasteiger charge is -2.39. The van der Waals surface area contributed by atoms with Crippen LogP contribution < -0.4 is 5.32 Å². The van der Waals surface area contributed by atoms with Crippen molar-refractivity contribution >= 4 is 18.0 Å². The lowest BCUT2D eigenvalue weighted by atomic mass is 9.90. The van der Waals surface area contributed by atoms with Crippen LogP contribution >= 0.6 is 0 Å². The Bertz CT molecular complexity index is 1100. The van der Waals surface area contributed by atoms with Crippen molar-refractivity contribution in [3.63, 3.8) is 0 Å². The second-order valence-electron chi connectivity index (χ2n) is 10.3. The number of carbonyl (C=O) groups is 3. The number of aliphatic carboxylic acids is 1. The highest BCUT2D eigenvalue weighted by molar-refractivity contribution is 5.90. The van der Waals surface area contributed by atoms with Crippen LogP contribution in [0.15, 0.2) is 48.5 Å².